The summed E-state index contributed by atoms with van der Waals surface area (Å²) in [6.07, 6.45) is 1.31. The smallest absolute Gasteiger partial charge is 0.293 e. The number of aromatic nitrogens is 6. The highest BCUT2D eigenvalue weighted by molar-refractivity contribution is 7.92. The highest BCUT2D eigenvalue weighted by Gasteiger charge is 2.67. The minimum atomic E-state index is -3.94. The van der Waals surface area contributed by atoms with Gasteiger partial charge < -0.3 is 5.73 Å². The van der Waals surface area contributed by atoms with E-state index in [-0.39, 0.29) is 56.1 Å². The number of nitrogens with zero attached hydrogens (tertiary/aromatic N) is 6. The second kappa shape index (κ2) is 13.9. The van der Waals surface area contributed by atoms with Crippen LogP contribution in [0.15, 0.2) is 59.4 Å². The second-order valence-electron chi connectivity index (χ2n) is 15.5. The van der Waals surface area contributed by atoms with Gasteiger partial charge in [0, 0.05) is 24.6 Å². The molecule has 312 valence electrons. The highest BCUT2D eigenvalue weighted by atomic mass is 35.5. The van der Waals surface area contributed by atoms with Crippen molar-refractivity contribution < 1.29 is 39.6 Å². The molecule has 3 aromatic heterocycles. The quantitative estimate of drug-likeness (QED) is 0.127. The maximum absolute atomic E-state index is 16.2. The summed E-state index contributed by atoms with van der Waals surface area (Å²) in [5.41, 5.74) is 4.62. The van der Waals surface area contributed by atoms with Crippen LogP contribution in [-0.4, -0.2) is 49.7 Å². The lowest BCUT2D eigenvalue weighted by Gasteiger charge is -2.30. The number of alkyl halides is 4. The summed E-state index contributed by atoms with van der Waals surface area (Å²) < 4.78 is 121. The molecule has 0 saturated heterocycles. The second-order valence-corrected chi connectivity index (χ2v) is 17.7. The minimum Gasteiger partial charge on any atom is -0.368 e. The van der Waals surface area contributed by atoms with Crippen LogP contribution in [-0.2, 0) is 34.2 Å². The fourth-order valence-electron chi connectivity index (χ4n) is 9.03. The van der Waals surface area contributed by atoms with Gasteiger partial charge in [-0.2, -0.15) is 19.0 Å². The Morgan fingerprint density at radius 1 is 1.08 bits per heavy atom. The van der Waals surface area contributed by atoms with E-state index in [1.807, 2.05) is 6.08 Å². The molecule has 3 aromatic carbocycles. The average molecular weight is 871 g/mol. The van der Waals surface area contributed by atoms with Crippen LogP contribution < -0.4 is 16.0 Å². The number of primary amides is 1. The number of hydrogen-bond donors (Lipinski definition) is 2. The fourth-order valence-corrected chi connectivity index (χ4v) is 9.77. The Morgan fingerprint density at radius 3 is 2.47 bits per heavy atom. The van der Waals surface area contributed by atoms with Gasteiger partial charge in [0.15, 0.2) is 5.82 Å². The molecule has 6 aromatic rings. The number of sulfonamides is 1. The number of amides is 1. The molecule has 3 N–H and O–H groups in total. The number of rotatable bonds is 11. The zero-order valence-electron chi connectivity index (χ0n) is 31.6. The zero-order chi connectivity index (χ0) is 42.7. The lowest BCUT2D eigenvalue weighted by molar-refractivity contribution is -0.122. The SMILES string of the molecule is Cn1nc(NS(C)(=O)=O)c2c(Cl)ccc(-n3c([C@@H](Cc4cc(F)cc(F)c4)C(C(N)=O)n4nc(C(F)F)c5c4C(F)(F)[C@@H]4C[C@H]54)nc4cc(C5=CCCC5)ccc4c3=O)c21. The molecule has 0 spiro atoms. The third kappa shape index (κ3) is 6.43. The van der Waals surface area contributed by atoms with E-state index < -0.39 is 92.6 Å². The van der Waals surface area contributed by atoms with Crippen molar-refractivity contribution in [1.29, 1.82) is 0 Å². The number of aryl methyl sites for hydroxylation is 1. The predicted octanol–water partition coefficient (Wildman–Crippen LogP) is 7.54. The Balaban J connectivity index is 1.39. The first-order valence-corrected chi connectivity index (χ1v) is 21.0. The van der Waals surface area contributed by atoms with Crippen molar-refractivity contribution in [3.8, 4) is 5.69 Å². The van der Waals surface area contributed by atoms with Gasteiger partial charge >= 0.3 is 0 Å². The van der Waals surface area contributed by atoms with Crippen molar-refractivity contribution in [2.75, 3.05) is 11.0 Å². The summed E-state index contributed by atoms with van der Waals surface area (Å²) in [6.45, 7) is 0. The Kier molecular flexibility index (Phi) is 9.23. The summed E-state index contributed by atoms with van der Waals surface area (Å²) >= 11 is 6.64. The maximum atomic E-state index is 16.2. The maximum Gasteiger partial charge on any atom is 0.293 e. The molecule has 60 heavy (non-hydrogen) atoms. The molecule has 3 aliphatic carbocycles. The van der Waals surface area contributed by atoms with Crippen molar-refractivity contribution in [2.45, 2.75) is 62.3 Å². The molecule has 3 heterocycles. The van der Waals surface area contributed by atoms with Gasteiger partial charge in [-0.3, -0.25) is 23.6 Å². The van der Waals surface area contributed by atoms with Crippen LogP contribution in [0.5, 0.6) is 0 Å². The van der Waals surface area contributed by atoms with Crippen LogP contribution in [0.1, 0.15) is 83.9 Å². The third-order valence-electron chi connectivity index (χ3n) is 11.5. The van der Waals surface area contributed by atoms with E-state index in [9.17, 15) is 30.8 Å². The standard InChI is InChI=1S/C40H33ClF6N8O4S/c1-53-33-28(10-9-26(41)30(33)37(51-53)52-60(2,58)59)54-38(49-27-14-19(18-5-3-4-6-18)7-8-22(27)39(54)57)24(13-17-11-20(42)15-21(43)12-17)32(36(48)56)55-34-29(31(50-55)35(44)45)23-16-25(23)40(34,46)47/h5,7-12,14-15,23-25,32,35H,3-4,6,13,16H2,1-2H3,(H2,48,56)(H,51,52)/t23-,24-,25+,32?/m0/s1. The van der Waals surface area contributed by atoms with Gasteiger partial charge in [0.05, 0.1) is 44.7 Å². The number of benzene rings is 3. The van der Waals surface area contributed by atoms with E-state index in [1.165, 1.54) is 29.9 Å². The van der Waals surface area contributed by atoms with E-state index in [0.29, 0.717) is 16.3 Å². The largest absolute Gasteiger partial charge is 0.368 e. The summed E-state index contributed by atoms with van der Waals surface area (Å²) in [6, 6.07) is 7.95. The predicted molar refractivity (Wildman–Crippen MR) is 210 cm³/mol. The highest BCUT2D eigenvalue weighted by Crippen LogP contribution is 2.68. The molecule has 3 aliphatic rings. The molecule has 4 atom stereocenters. The first kappa shape index (κ1) is 39.8. The Hall–Kier alpha value is -5.69. The van der Waals surface area contributed by atoms with Crippen molar-refractivity contribution in [1.82, 2.24) is 29.1 Å². The third-order valence-corrected chi connectivity index (χ3v) is 12.4. The molecule has 1 saturated carbocycles. The minimum absolute atomic E-state index is 0.0000508. The van der Waals surface area contributed by atoms with Crippen molar-refractivity contribution in [2.24, 2.45) is 18.7 Å². The lowest BCUT2D eigenvalue weighted by atomic mass is 9.89. The summed E-state index contributed by atoms with van der Waals surface area (Å²) in [5, 5.41) is 8.31. The number of hydrogen-bond acceptors (Lipinski definition) is 7. The molecule has 0 aliphatic heterocycles. The number of allylic oxidation sites excluding steroid dienone is 2. The van der Waals surface area contributed by atoms with Gasteiger partial charge in [-0.25, -0.2) is 35.6 Å². The number of nitrogens with one attached hydrogen (secondary N) is 1. The molecule has 0 bridgehead atoms. The molecule has 9 rings (SSSR count). The first-order valence-electron chi connectivity index (χ1n) is 18.8. The van der Waals surface area contributed by atoms with Crippen LogP contribution in [0, 0.1) is 17.6 Å². The van der Waals surface area contributed by atoms with E-state index in [1.54, 1.807) is 12.1 Å². The zero-order valence-corrected chi connectivity index (χ0v) is 33.1. The Morgan fingerprint density at radius 2 is 1.82 bits per heavy atom. The van der Waals surface area contributed by atoms with Gasteiger partial charge in [0.2, 0.25) is 15.9 Å². The molecule has 12 nitrogen and oxygen atoms in total. The van der Waals surface area contributed by atoms with Gasteiger partial charge in [0.25, 0.3) is 17.9 Å². The Labute approximate surface area is 341 Å². The van der Waals surface area contributed by atoms with Gasteiger partial charge in [-0.15, -0.1) is 0 Å². The topological polar surface area (TPSA) is 160 Å². The Bertz CT molecular complexity index is 3020. The van der Waals surface area contributed by atoms with Crippen LogP contribution in [0.4, 0.5) is 32.2 Å². The van der Waals surface area contributed by atoms with Crippen molar-refractivity contribution >= 4 is 60.7 Å². The molecule has 1 unspecified atom stereocenters. The van der Waals surface area contributed by atoms with E-state index in [4.69, 9.17) is 22.3 Å². The van der Waals surface area contributed by atoms with Crippen LogP contribution >= 0.6 is 11.6 Å². The lowest BCUT2D eigenvalue weighted by Crippen LogP contribution is -2.39. The number of carbonyl (C=O) groups is 1. The van der Waals surface area contributed by atoms with Gasteiger partial charge in [0.1, 0.15) is 34.9 Å². The fraction of sp³-hybridized carbons (Fsp3) is 0.325. The normalized spacial score (nSPS) is 19.1. The first-order chi connectivity index (χ1) is 28.3. The average Bonchev–Trinajstić information content (AvgIpc) is 3.41. The van der Waals surface area contributed by atoms with Crippen molar-refractivity contribution in [3.63, 3.8) is 0 Å². The summed E-state index contributed by atoms with van der Waals surface area (Å²) in [5.74, 6) is -11.8. The summed E-state index contributed by atoms with van der Waals surface area (Å²) in [4.78, 5) is 34.0. The van der Waals surface area contributed by atoms with E-state index in [0.717, 1.165) is 47.8 Å². The number of fused-ring (bicyclic) bond motifs is 5. The number of nitrogens with two attached hydrogens (primary N) is 1. The number of carbonyl (C=O) groups excluding carboxylic acids is 1. The summed E-state index contributed by atoms with van der Waals surface area (Å²) in [7, 11) is -2.51. The molecule has 1 fully saturated rings. The van der Waals surface area contributed by atoms with Crippen molar-refractivity contribution in [3.05, 3.63) is 116 Å². The molecule has 20 heteroatoms. The monoisotopic (exact) mass is 870 g/mol. The van der Waals surface area contributed by atoms with Crippen LogP contribution in [0.25, 0.3) is 33.1 Å². The van der Waals surface area contributed by atoms with Gasteiger partial charge in [-0.1, -0.05) is 23.7 Å². The van der Waals surface area contributed by atoms with E-state index in [2.05, 4.69) is 14.9 Å². The number of anilines is 1. The molecular formula is C40H33ClF6N8O4S. The van der Waals surface area contributed by atoms with Crippen LogP contribution in [0.2, 0.25) is 5.02 Å². The number of halogens is 7. The molecular weight excluding hydrogens is 838 g/mol. The van der Waals surface area contributed by atoms with E-state index >= 15 is 13.6 Å². The van der Waals surface area contributed by atoms with Gasteiger partial charge in [-0.05, 0) is 91.1 Å². The molecule has 1 amide bonds. The molecule has 0 radical (unpaired) electrons. The van der Waals surface area contributed by atoms with Crippen LogP contribution in [0.3, 0.4) is 0 Å².